The summed E-state index contributed by atoms with van der Waals surface area (Å²) in [5, 5.41) is 0.474. The Hall–Kier alpha value is -3.16. The highest BCUT2D eigenvalue weighted by atomic mass is 35.5. The molecule has 1 aliphatic heterocycles. The first-order chi connectivity index (χ1) is 17.2. The standard InChI is InChI=1S/C28H29ClN2O4S/c1-6-34-22-13-8-18(14-21(22)29)15-23-26(32)31-25(20-11-9-19(10-12-20)16(3)4)24(27(33)35-7-2)17(5)30-28(31)36-23/h8-16,25H,6-7H2,1-5H3/b23-15-/t25-/m1/s1. The van der Waals surface area contributed by atoms with Gasteiger partial charge in [0.25, 0.3) is 5.56 Å². The van der Waals surface area contributed by atoms with Gasteiger partial charge in [0.15, 0.2) is 4.80 Å². The average molecular weight is 525 g/mol. The van der Waals surface area contributed by atoms with Crippen molar-refractivity contribution in [2.45, 2.75) is 46.6 Å². The second kappa shape index (κ2) is 10.8. The van der Waals surface area contributed by atoms with E-state index in [1.54, 1.807) is 36.6 Å². The Morgan fingerprint density at radius 2 is 1.89 bits per heavy atom. The zero-order valence-corrected chi connectivity index (χ0v) is 22.6. The first kappa shape index (κ1) is 25.9. The first-order valence-electron chi connectivity index (χ1n) is 12.0. The van der Waals surface area contributed by atoms with Crippen LogP contribution in [-0.4, -0.2) is 23.8 Å². The Morgan fingerprint density at radius 1 is 1.17 bits per heavy atom. The minimum Gasteiger partial charge on any atom is -0.492 e. The van der Waals surface area contributed by atoms with E-state index in [4.69, 9.17) is 21.1 Å². The maximum atomic E-state index is 13.7. The van der Waals surface area contributed by atoms with Gasteiger partial charge in [-0.3, -0.25) is 9.36 Å². The van der Waals surface area contributed by atoms with Crippen molar-refractivity contribution in [1.82, 2.24) is 4.57 Å². The zero-order valence-electron chi connectivity index (χ0n) is 21.0. The van der Waals surface area contributed by atoms with Crippen LogP contribution < -0.4 is 19.6 Å². The highest BCUT2D eigenvalue weighted by molar-refractivity contribution is 7.07. The van der Waals surface area contributed by atoms with Gasteiger partial charge in [-0.15, -0.1) is 0 Å². The molecule has 8 heteroatoms. The number of rotatable bonds is 7. The summed E-state index contributed by atoms with van der Waals surface area (Å²) in [7, 11) is 0. The Labute approximate surface area is 219 Å². The van der Waals surface area contributed by atoms with Gasteiger partial charge in [-0.2, -0.15) is 0 Å². The van der Waals surface area contributed by atoms with E-state index in [0.29, 0.717) is 43.9 Å². The van der Waals surface area contributed by atoms with Crippen molar-refractivity contribution in [1.29, 1.82) is 0 Å². The van der Waals surface area contributed by atoms with E-state index in [1.165, 1.54) is 16.9 Å². The number of fused-ring (bicyclic) bond motifs is 1. The third kappa shape index (κ3) is 5.04. The molecule has 0 saturated carbocycles. The van der Waals surface area contributed by atoms with E-state index >= 15 is 0 Å². The number of hydrogen-bond acceptors (Lipinski definition) is 6. The molecule has 0 fully saturated rings. The summed E-state index contributed by atoms with van der Waals surface area (Å²) >= 11 is 7.64. The van der Waals surface area contributed by atoms with Crippen molar-refractivity contribution >= 4 is 35.0 Å². The van der Waals surface area contributed by atoms with E-state index in [9.17, 15) is 9.59 Å². The summed E-state index contributed by atoms with van der Waals surface area (Å²) in [5.74, 6) is 0.491. The van der Waals surface area contributed by atoms with Gasteiger partial charge < -0.3 is 9.47 Å². The van der Waals surface area contributed by atoms with Gasteiger partial charge in [0.2, 0.25) is 0 Å². The lowest BCUT2D eigenvalue weighted by atomic mass is 9.93. The molecule has 0 saturated heterocycles. The Balaban J connectivity index is 1.89. The second-order valence-electron chi connectivity index (χ2n) is 8.75. The van der Waals surface area contributed by atoms with Crippen LogP contribution in [0, 0.1) is 0 Å². The fraction of sp³-hybridized carbons (Fsp3) is 0.321. The largest absolute Gasteiger partial charge is 0.492 e. The summed E-state index contributed by atoms with van der Waals surface area (Å²) in [4.78, 5) is 31.9. The molecule has 188 valence electrons. The topological polar surface area (TPSA) is 69.9 Å². The van der Waals surface area contributed by atoms with Gasteiger partial charge in [0.05, 0.1) is 40.1 Å². The van der Waals surface area contributed by atoms with E-state index in [0.717, 1.165) is 11.1 Å². The lowest BCUT2D eigenvalue weighted by molar-refractivity contribution is -0.139. The number of carbonyl (C=O) groups excluding carboxylic acids is 1. The predicted molar refractivity (Wildman–Crippen MR) is 144 cm³/mol. The van der Waals surface area contributed by atoms with Crippen molar-refractivity contribution in [3.8, 4) is 5.75 Å². The molecule has 2 aromatic carbocycles. The molecule has 3 aromatic rings. The Morgan fingerprint density at radius 3 is 2.50 bits per heavy atom. The number of nitrogens with zero attached hydrogens (tertiary/aromatic N) is 2. The van der Waals surface area contributed by atoms with E-state index in [-0.39, 0.29) is 12.2 Å². The van der Waals surface area contributed by atoms with Gasteiger partial charge in [-0.05, 0) is 61.6 Å². The third-order valence-electron chi connectivity index (χ3n) is 5.99. The lowest BCUT2D eigenvalue weighted by Crippen LogP contribution is -2.39. The molecule has 1 aliphatic rings. The van der Waals surface area contributed by atoms with Crippen LogP contribution in [0.4, 0.5) is 0 Å². The lowest BCUT2D eigenvalue weighted by Gasteiger charge is -2.25. The zero-order chi connectivity index (χ0) is 26.0. The highest BCUT2D eigenvalue weighted by Gasteiger charge is 2.33. The Bertz CT molecular complexity index is 1500. The molecule has 1 aromatic heterocycles. The van der Waals surface area contributed by atoms with Crippen LogP contribution in [0.15, 0.2) is 63.5 Å². The normalized spacial score (nSPS) is 15.6. The SMILES string of the molecule is CCOC(=O)C1=C(C)N=c2s/c(=C\c3ccc(OCC)c(Cl)c3)c(=O)n2[C@@H]1c1ccc(C(C)C)cc1. The molecule has 0 radical (unpaired) electrons. The molecular weight excluding hydrogens is 496 g/mol. The third-order valence-corrected chi connectivity index (χ3v) is 7.27. The number of halogens is 1. The van der Waals surface area contributed by atoms with Gasteiger partial charge in [0, 0.05) is 0 Å². The van der Waals surface area contributed by atoms with Crippen LogP contribution in [0.5, 0.6) is 5.75 Å². The number of ether oxygens (including phenoxy) is 2. The van der Waals surface area contributed by atoms with Crippen molar-refractivity contribution in [3.05, 3.63) is 95.1 Å². The maximum Gasteiger partial charge on any atom is 0.338 e. The van der Waals surface area contributed by atoms with E-state index in [1.807, 2.05) is 37.3 Å². The van der Waals surface area contributed by atoms with Crippen LogP contribution >= 0.6 is 22.9 Å². The van der Waals surface area contributed by atoms with Gasteiger partial charge in [-0.1, -0.05) is 67.1 Å². The smallest absolute Gasteiger partial charge is 0.338 e. The summed E-state index contributed by atoms with van der Waals surface area (Å²) < 4.78 is 13.0. The minimum atomic E-state index is -0.632. The summed E-state index contributed by atoms with van der Waals surface area (Å²) in [6, 6.07) is 12.8. The number of aromatic nitrogens is 1. The fourth-order valence-corrected chi connectivity index (χ4v) is 5.49. The van der Waals surface area contributed by atoms with Crippen molar-refractivity contribution in [3.63, 3.8) is 0 Å². The predicted octanol–water partition coefficient (Wildman–Crippen LogP) is 4.97. The minimum absolute atomic E-state index is 0.226. The fourth-order valence-electron chi connectivity index (χ4n) is 4.20. The summed E-state index contributed by atoms with van der Waals surface area (Å²) in [6.07, 6.45) is 1.79. The number of benzene rings is 2. The van der Waals surface area contributed by atoms with Gasteiger partial charge >= 0.3 is 5.97 Å². The van der Waals surface area contributed by atoms with Gasteiger partial charge in [-0.25, -0.2) is 9.79 Å². The molecule has 36 heavy (non-hydrogen) atoms. The number of carbonyl (C=O) groups is 1. The molecule has 2 heterocycles. The average Bonchev–Trinajstić information content (AvgIpc) is 3.14. The summed E-state index contributed by atoms with van der Waals surface area (Å²) in [5.41, 5.74) is 3.47. The van der Waals surface area contributed by atoms with E-state index in [2.05, 4.69) is 18.8 Å². The molecule has 0 amide bonds. The highest BCUT2D eigenvalue weighted by Crippen LogP contribution is 2.31. The van der Waals surface area contributed by atoms with Crippen LogP contribution in [0.3, 0.4) is 0 Å². The molecular formula is C28H29ClN2O4S. The molecule has 1 atom stereocenters. The molecule has 0 N–H and O–H groups in total. The Kier molecular flexibility index (Phi) is 7.81. The summed E-state index contributed by atoms with van der Waals surface area (Å²) in [6.45, 7) is 10.4. The number of esters is 1. The quantitative estimate of drug-likeness (QED) is 0.409. The molecule has 0 spiro atoms. The van der Waals surface area contributed by atoms with Crippen LogP contribution in [0.25, 0.3) is 6.08 Å². The van der Waals surface area contributed by atoms with Crippen molar-refractivity contribution in [2.24, 2.45) is 4.99 Å². The van der Waals surface area contributed by atoms with Crippen molar-refractivity contribution < 1.29 is 14.3 Å². The maximum absolute atomic E-state index is 13.7. The van der Waals surface area contributed by atoms with Gasteiger partial charge in [0.1, 0.15) is 5.75 Å². The molecule has 0 unspecified atom stereocenters. The number of thiazole rings is 1. The number of hydrogen-bond donors (Lipinski definition) is 0. The van der Waals surface area contributed by atoms with Crippen LogP contribution in [0.2, 0.25) is 5.02 Å². The van der Waals surface area contributed by atoms with Crippen molar-refractivity contribution in [2.75, 3.05) is 13.2 Å². The van der Waals surface area contributed by atoms with Crippen LogP contribution in [-0.2, 0) is 9.53 Å². The molecule has 6 nitrogen and oxygen atoms in total. The molecule has 0 aliphatic carbocycles. The second-order valence-corrected chi connectivity index (χ2v) is 10.2. The monoisotopic (exact) mass is 524 g/mol. The molecule has 4 rings (SSSR count). The van der Waals surface area contributed by atoms with Crippen LogP contribution in [0.1, 0.15) is 63.3 Å². The van der Waals surface area contributed by atoms with E-state index < -0.39 is 12.0 Å². The molecule has 0 bridgehead atoms. The first-order valence-corrected chi connectivity index (χ1v) is 13.2. The number of allylic oxidation sites excluding steroid dienone is 1.